The summed E-state index contributed by atoms with van der Waals surface area (Å²) in [5, 5.41) is 0.994. The van der Waals surface area contributed by atoms with E-state index >= 15 is 0 Å². The fraction of sp³-hybridized carbons (Fsp3) is 0.167. The zero-order chi connectivity index (χ0) is 15.6. The van der Waals surface area contributed by atoms with Gasteiger partial charge in [0.15, 0.2) is 0 Å². The number of imidazole rings is 1. The van der Waals surface area contributed by atoms with Crippen molar-refractivity contribution >= 4 is 21.9 Å². The number of hydrogen-bond donors (Lipinski definition) is 0. The van der Waals surface area contributed by atoms with Gasteiger partial charge in [0.25, 0.3) is 0 Å². The highest BCUT2D eigenvalue weighted by Gasteiger charge is 2.11. The van der Waals surface area contributed by atoms with Crippen LogP contribution in [0.1, 0.15) is 13.3 Å². The van der Waals surface area contributed by atoms with E-state index in [0.29, 0.717) is 6.61 Å². The Morgan fingerprint density at radius 1 is 1.09 bits per heavy atom. The van der Waals surface area contributed by atoms with E-state index < -0.39 is 0 Å². The lowest BCUT2D eigenvalue weighted by Crippen LogP contribution is -2.01. The summed E-state index contributed by atoms with van der Waals surface area (Å²) in [6.45, 7) is 2.79. The highest BCUT2D eigenvalue weighted by atomic mass is 16.5. The lowest BCUT2D eigenvalue weighted by Gasteiger charge is -2.12. The molecule has 0 bridgehead atoms. The molecule has 2 aromatic heterocycles. The zero-order valence-electron chi connectivity index (χ0n) is 12.8. The molecule has 0 fully saturated rings. The van der Waals surface area contributed by atoms with Gasteiger partial charge in [-0.25, -0.2) is 15.0 Å². The lowest BCUT2D eigenvalue weighted by molar-refractivity contribution is 0.316. The summed E-state index contributed by atoms with van der Waals surface area (Å²) in [4.78, 5) is 12.9. The third kappa shape index (κ3) is 2.40. The quantitative estimate of drug-likeness (QED) is 0.576. The predicted molar refractivity (Wildman–Crippen MR) is 90.0 cm³/mol. The van der Waals surface area contributed by atoms with Crippen molar-refractivity contribution in [3.8, 4) is 11.4 Å². The van der Waals surface area contributed by atoms with Crippen LogP contribution in [0.5, 0.6) is 5.75 Å². The second-order valence-electron chi connectivity index (χ2n) is 5.35. The van der Waals surface area contributed by atoms with E-state index in [-0.39, 0.29) is 0 Å². The van der Waals surface area contributed by atoms with Crippen molar-refractivity contribution in [2.45, 2.75) is 13.3 Å². The monoisotopic (exact) mass is 304 g/mol. The summed E-state index contributed by atoms with van der Waals surface area (Å²) in [7, 11) is 0. The Labute approximate surface area is 133 Å². The fourth-order valence-corrected chi connectivity index (χ4v) is 2.67. The minimum atomic E-state index is 0.695. The summed E-state index contributed by atoms with van der Waals surface area (Å²) >= 11 is 0. The highest BCUT2D eigenvalue weighted by Crippen LogP contribution is 2.28. The van der Waals surface area contributed by atoms with Gasteiger partial charge in [-0.1, -0.05) is 19.1 Å². The molecule has 0 amide bonds. The van der Waals surface area contributed by atoms with Crippen molar-refractivity contribution in [2.75, 3.05) is 6.61 Å². The summed E-state index contributed by atoms with van der Waals surface area (Å²) in [6, 6.07) is 12.1. The molecule has 0 saturated heterocycles. The van der Waals surface area contributed by atoms with Crippen LogP contribution in [-0.4, -0.2) is 26.1 Å². The van der Waals surface area contributed by atoms with E-state index in [1.165, 1.54) is 0 Å². The average molecular weight is 304 g/mol. The van der Waals surface area contributed by atoms with Crippen LogP contribution in [-0.2, 0) is 0 Å². The van der Waals surface area contributed by atoms with E-state index in [0.717, 1.165) is 39.8 Å². The Morgan fingerprint density at radius 2 is 2.00 bits per heavy atom. The molecule has 0 N–H and O–H groups in total. The first-order chi connectivity index (χ1) is 11.4. The standard InChI is InChI=1S/C18H16N4O/c1-2-7-23-18-6-4-3-5-16(18)22-12-21-15-9-14-13(8-17(15)22)10-19-11-20-14/h3-6,8-12H,2,7H2,1H3. The number of rotatable bonds is 4. The van der Waals surface area contributed by atoms with Gasteiger partial charge in [-0.05, 0) is 30.7 Å². The van der Waals surface area contributed by atoms with E-state index in [1.807, 2.05) is 47.4 Å². The van der Waals surface area contributed by atoms with Gasteiger partial charge in [0.2, 0.25) is 0 Å². The molecule has 0 atom stereocenters. The molecule has 0 aliphatic rings. The maximum atomic E-state index is 5.87. The molecule has 0 saturated carbocycles. The van der Waals surface area contributed by atoms with Crippen molar-refractivity contribution in [1.82, 2.24) is 19.5 Å². The number of benzene rings is 2. The molecule has 0 unspecified atom stereocenters. The van der Waals surface area contributed by atoms with Crippen LogP contribution in [0.3, 0.4) is 0 Å². The van der Waals surface area contributed by atoms with Crippen LogP contribution in [0.4, 0.5) is 0 Å². The molecule has 0 spiro atoms. The van der Waals surface area contributed by atoms with Crippen LogP contribution in [0.2, 0.25) is 0 Å². The van der Waals surface area contributed by atoms with Gasteiger partial charge in [-0.2, -0.15) is 0 Å². The summed E-state index contributed by atoms with van der Waals surface area (Å²) in [5.74, 6) is 0.859. The van der Waals surface area contributed by atoms with Crippen LogP contribution in [0, 0.1) is 0 Å². The van der Waals surface area contributed by atoms with Gasteiger partial charge in [0.05, 0.1) is 28.8 Å². The molecule has 0 aliphatic heterocycles. The van der Waals surface area contributed by atoms with Crippen LogP contribution in [0.15, 0.2) is 55.2 Å². The molecule has 2 heterocycles. The number of para-hydroxylation sites is 2. The molecule has 4 rings (SSSR count). The third-order valence-corrected chi connectivity index (χ3v) is 3.76. The summed E-state index contributed by atoms with van der Waals surface area (Å²) < 4.78 is 7.92. The van der Waals surface area contributed by atoms with Gasteiger partial charge in [-0.15, -0.1) is 0 Å². The molecule has 2 aromatic carbocycles. The molecule has 5 nitrogen and oxygen atoms in total. The minimum absolute atomic E-state index is 0.695. The van der Waals surface area contributed by atoms with Gasteiger partial charge in [-0.3, -0.25) is 4.57 Å². The van der Waals surface area contributed by atoms with E-state index in [9.17, 15) is 0 Å². The normalized spacial score (nSPS) is 11.2. The first-order valence-corrected chi connectivity index (χ1v) is 7.66. The number of hydrogen-bond acceptors (Lipinski definition) is 4. The molecule has 4 aromatic rings. The van der Waals surface area contributed by atoms with Gasteiger partial charge < -0.3 is 4.74 Å². The van der Waals surface area contributed by atoms with E-state index in [1.54, 1.807) is 6.33 Å². The molecular formula is C18H16N4O. The first kappa shape index (κ1) is 13.7. The average Bonchev–Trinajstić information content (AvgIpc) is 3.01. The second-order valence-corrected chi connectivity index (χ2v) is 5.35. The van der Waals surface area contributed by atoms with Gasteiger partial charge >= 0.3 is 0 Å². The van der Waals surface area contributed by atoms with E-state index in [2.05, 4.69) is 27.9 Å². The Balaban J connectivity index is 1.91. The Hall–Kier alpha value is -2.95. The van der Waals surface area contributed by atoms with Crippen molar-refractivity contribution in [3.63, 3.8) is 0 Å². The number of aromatic nitrogens is 4. The fourth-order valence-electron chi connectivity index (χ4n) is 2.67. The van der Waals surface area contributed by atoms with Crippen molar-refractivity contribution in [2.24, 2.45) is 0 Å². The molecular weight excluding hydrogens is 288 g/mol. The first-order valence-electron chi connectivity index (χ1n) is 7.66. The highest BCUT2D eigenvalue weighted by molar-refractivity contribution is 5.93. The Bertz CT molecular complexity index is 977. The summed E-state index contributed by atoms with van der Waals surface area (Å²) in [5.41, 5.74) is 3.80. The topological polar surface area (TPSA) is 52.8 Å². The largest absolute Gasteiger partial charge is 0.491 e. The van der Waals surface area contributed by atoms with E-state index in [4.69, 9.17) is 4.74 Å². The maximum Gasteiger partial charge on any atom is 0.143 e. The molecule has 23 heavy (non-hydrogen) atoms. The Kier molecular flexibility index (Phi) is 3.38. The van der Waals surface area contributed by atoms with Crippen LogP contribution in [0.25, 0.3) is 27.6 Å². The number of ether oxygens (including phenoxy) is 1. The van der Waals surface area contributed by atoms with Crippen molar-refractivity contribution in [3.05, 3.63) is 55.2 Å². The van der Waals surface area contributed by atoms with Crippen LogP contribution < -0.4 is 4.74 Å². The van der Waals surface area contributed by atoms with Crippen molar-refractivity contribution < 1.29 is 4.74 Å². The molecule has 5 heteroatoms. The Morgan fingerprint density at radius 3 is 2.91 bits per heavy atom. The third-order valence-electron chi connectivity index (χ3n) is 3.76. The summed E-state index contributed by atoms with van der Waals surface area (Å²) in [6.07, 6.45) is 6.17. The maximum absolute atomic E-state index is 5.87. The second kappa shape index (κ2) is 5.68. The van der Waals surface area contributed by atoms with Crippen molar-refractivity contribution in [1.29, 1.82) is 0 Å². The van der Waals surface area contributed by atoms with Crippen LogP contribution >= 0.6 is 0 Å². The predicted octanol–water partition coefficient (Wildman–Crippen LogP) is 3.76. The number of nitrogens with zero attached hydrogens (tertiary/aromatic N) is 4. The zero-order valence-corrected chi connectivity index (χ0v) is 12.8. The lowest BCUT2D eigenvalue weighted by atomic mass is 10.2. The molecule has 0 radical (unpaired) electrons. The van der Waals surface area contributed by atoms with Gasteiger partial charge in [0.1, 0.15) is 18.4 Å². The number of fused-ring (bicyclic) bond motifs is 2. The van der Waals surface area contributed by atoms with Gasteiger partial charge in [0, 0.05) is 11.6 Å². The smallest absolute Gasteiger partial charge is 0.143 e. The SMILES string of the molecule is CCCOc1ccccc1-n1cnc2cc3ncncc3cc21. The molecule has 0 aliphatic carbocycles. The minimum Gasteiger partial charge on any atom is -0.491 e. The molecule has 114 valence electrons.